The van der Waals surface area contributed by atoms with Gasteiger partial charge in [0, 0.05) is 27.8 Å². The van der Waals surface area contributed by atoms with E-state index >= 15 is 0 Å². The largest absolute Gasteiger partial charge is 0.456 e. The van der Waals surface area contributed by atoms with Crippen LogP contribution in [0.25, 0.3) is 55.8 Å². The minimum Gasteiger partial charge on any atom is -0.456 e. The average Bonchev–Trinajstić information content (AvgIpc) is 3.63. The van der Waals surface area contributed by atoms with Gasteiger partial charge in [0.05, 0.1) is 22.1 Å². The molecule has 1 aliphatic rings. The minimum atomic E-state index is -0.198. The molecule has 0 fully saturated rings. The van der Waals surface area contributed by atoms with E-state index in [1.807, 2.05) is 0 Å². The lowest BCUT2D eigenvalue weighted by Crippen LogP contribution is -2.26. The van der Waals surface area contributed by atoms with Gasteiger partial charge in [-0.2, -0.15) is 0 Å². The van der Waals surface area contributed by atoms with Crippen molar-refractivity contribution in [2.45, 2.75) is 59.3 Å². The summed E-state index contributed by atoms with van der Waals surface area (Å²) in [5.74, 6) is 2.82. The predicted molar refractivity (Wildman–Crippen MR) is 207 cm³/mol. The first kappa shape index (κ1) is 30.4. The molecule has 1 aliphatic heterocycles. The van der Waals surface area contributed by atoms with E-state index in [-0.39, 0.29) is 10.8 Å². The van der Waals surface area contributed by atoms with Gasteiger partial charge in [-0.05, 0) is 101 Å². The molecule has 0 aliphatic carbocycles. The SMILES string of the molecule is Cc1ccc(-c2c(C(C)(C)C)ccc3c2Oc2ccccc2C3(C)C)cc1-c1cc(-n2c3ccccc3n3c4ccccc4nc23)ccc1C. The third kappa shape index (κ3) is 4.41. The van der Waals surface area contributed by atoms with Gasteiger partial charge in [0.2, 0.25) is 5.78 Å². The Bertz CT molecular complexity index is 2660. The highest BCUT2D eigenvalue weighted by Crippen LogP contribution is 2.54. The first-order chi connectivity index (χ1) is 24.0. The number of para-hydroxylation sites is 5. The Kier molecular flexibility index (Phi) is 6.51. The zero-order chi connectivity index (χ0) is 34.5. The Morgan fingerprint density at radius 3 is 2.08 bits per heavy atom. The molecule has 0 atom stereocenters. The maximum atomic E-state index is 6.90. The molecule has 3 heterocycles. The Labute approximate surface area is 293 Å². The number of hydrogen-bond donors (Lipinski definition) is 0. The van der Waals surface area contributed by atoms with Crippen LogP contribution in [0.5, 0.6) is 11.5 Å². The summed E-state index contributed by atoms with van der Waals surface area (Å²) in [4.78, 5) is 5.14. The number of ether oxygens (including phenoxy) is 1. The molecule has 0 bridgehead atoms. The first-order valence-electron chi connectivity index (χ1n) is 17.6. The number of hydrogen-bond acceptors (Lipinski definition) is 2. The van der Waals surface area contributed by atoms with Crippen LogP contribution in [0.4, 0.5) is 0 Å². The first-order valence-corrected chi connectivity index (χ1v) is 17.6. The summed E-state index contributed by atoms with van der Waals surface area (Å²) in [7, 11) is 0. The van der Waals surface area contributed by atoms with Crippen LogP contribution in [0, 0.1) is 13.8 Å². The number of fused-ring (bicyclic) bond motifs is 7. The van der Waals surface area contributed by atoms with E-state index in [9.17, 15) is 0 Å². The highest BCUT2D eigenvalue weighted by Gasteiger charge is 2.37. The number of nitrogens with zero attached hydrogens (tertiary/aromatic N) is 3. The molecule has 4 heteroatoms. The summed E-state index contributed by atoms with van der Waals surface area (Å²) in [6, 6.07) is 43.8. The second-order valence-corrected chi connectivity index (χ2v) is 15.4. The van der Waals surface area contributed by atoms with E-state index in [1.54, 1.807) is 0 Å². The van der Waals surface area contributed by atoms with Crippen molar-refractivity contribution in [2.24, 2.45) is 0 Å². The molecule has 0 saturated carbocycles. The van der Waals surface area contributed by atoms with Gasteiger partial charge in [0.25, 0.3) is 0 Å². The van der Waals surface area contributed by atoms with Gasteiger partial charge < -0.3 is 4.74 Å². The van der Waals surface area contributed by atoms with Gasteiger partial charge in [0.1, 0.15) is 11.5 Å². The highest BCUT2D eigenvalue weighted by molar-refractivity contribution is 5.92. The summed E-state index contributed by atoms with van der Waals surface area (Å²) in [6.07, 6.45) is 0. The van der Waals surface area contributed by atoms with E-state index in [1.165, 1.54) is 50.1 Å². The van der Waals surface area contributed by atoms with Crippen LogP contribution < -0.4 is 4.74 Å². The lowest BCUT2D eigenvalue weighted by atomic mass is 9.72. The molecule has 246 valence electrons. The van der Waals surface area contributed by atoms with Gasteiger partial charge in [-0.3, -0.25) is 8.97 Å². The number of aryl methyl sites for hydroxylation is 2. The van der Waals surface area contributed by atoms with Crippen molar-refractivity contribution in [1.82, 2.24) is 14.0 Å². The van der Waals surface area contributed by atoms with Crippen molar-refractivity contribution in [3.8, 4) is 39.4 Å². The molecule has 0 radical (unpaired) electrons. The van der Waals surface area contributed by atoms with E-state index in [0.717, 1.165) is 45.0 Å². The van der Waals surface area contributed by atoms with Crippen LogP contribution in [-0.4, -0.2) is 14.0 Å². The molecule has 0 N–H and O–H groups in total. The molecule has 0 saturated heterocycles. The monoisotopic (exact) mass is 651 g/mol. The Hall–Kier alpha value is -5.61. The Morgan fingerprint density at radius 2 is 1.30 bits per heavy atom. The van der Waals surface area contributed by atoms with E-state index < -0.39 is 0 Å². The quantitative estimate of drug-likeness (QED) is 0.190. The number of rotatable bonds is 3. The van der Waals surface area contributed by atoms with Gasteiger partial charge in [0.15, 0.2) is 0 Å². The van der Waals surface area contributed by atoms with Crippen LogP contribution in [0.3, 0.4) is 0 Å². The van der Waals surface area contributed by atoms with Crippen molar-refractivity contribution in [2.75, 3.05) is 0 Å². The van der Waals surface area contributed by atoms with Crippen molar-refractivity contribution in [1.29, 1.82) is 0 Å². The van der Waals surface area contributed by atoms with Crippen LogP contribution in [-0.2, 0) is 10.8 Å². The summed E-state index contributed by atoms with van der Waals surface area (Å²) < 4.78 is 11.5. The Morgan fingerprint density at radius 1 is 0.640 bits per heavy atom. The number of benzene rings is 6. The van der Waals surface area contributed by atoms with E-state index in [0.29, 0.717) is 0 Å². The fourth-order valence-corrected chi connectivity index (χ4v) is 8.13. The standard InChI is InChI=1S/C46H41N3O/c1-28-20-22-30(42-35(45(3,4)5)24-25-36-43(42)50-41-19-13-8-14-34(41)46(36,6)7)26-32(28)33-27-31(23-21-29(33)2)48-39-17-11-12-18-40(39)49-38-16-10-9-15-37(38)47-44(48)49/h8-27H,1-7H3. The molecular weight excluding hydrogens is 611 g/mol. The second-order valence-electron chi connectivity index (χ2n) is 15.4. The number of aromatic nitrogens is 3. The third-order valence-corrected chi connectivity index (χ3v) is 10.8. The summed E-state index contributed by atoms with van der Waals surface area (Å²) in [5.41, 5.74) is 16.1. The van der Waals surface area contributed by atoms with Gasteiger partial charge >= 0.3 is 0 Å². The van der Waals surface area contributed by atoms with Crippen LogP contribution in [0.1, 0.15) is 62.4 Å². The molecular formula is C46H41N3O. The molecule has 0 spiro atoms. The molecule has 4 nitrogen and oxygen atoms in total. The zero-order valence-electron chi connectivity index (χ0n) is 29.8. The van der Waals surface area contributed by atoms with E-state index in [4.69, 9.17) is 9.72 Å². The summed E-state index contributed by atoms with van der Waals surface area (Å²) in [6.45, 7) is 15.9. The fraction of sp³-hybridized carbons (Fsp3) is 0.196. The van der Waals surface area contributed by atoms with Crippen LogP contribution >= 0.6 is 0 Å². The van der Waals surface area contributed by atoms with Gasteiger partial charge in [-0.15, -0.1) is 0 Å². The van der Waals surface area contributed by atoms with E-state index in [2.05, 4.69) is 179 Å². The van der Waals surface area contributed by atoms with Crippen LogP contribution in [0.2, 0.25) is 0 Å². The minimum absolute atomic E-state index is 0.0929. The molecule has 2 aromatic heterocycles. The summed E-state index contributed by atoms with van der Waals surface area (Å²) >= 11 is 0. The third-order valence-electron chi connectivity index (χ3n) is 10.8. The topological polar surface area (TPSA) is 31.5 Å². The van der Waals surface area contributed by atoms with Crippen molar-refractivity contribution >= 4 is 27.8 Å². The molecule has 0 amide bonds. The maximum absolute atomic E-state index is 6.90. The molecule has 50 heavy (non-hydrogen) atoms. The normalized spacial score (nSPS) is 13.8. The Balaban J connectivity index is 1.26. The number of imidazole rings is 2. The van der Waals surface area contributed by atoms with Crippen LogP contribution in [0.15, 0.2) is 121 Å². The van der Waals surface area contributed by atoms with Gasteiger partial charge in [-0.1, -0.05) is 107 Å². The molecule has 6 aromatic carbocycles. The lowest BCUT2D eigenvalue weighted by Gasteiger charge is -2.37. The molecule has 0 unspecified atom stereocenters. The summed E-state index contributed by atoms with van der Waals surface area (Å²) in [5, 5.41) is 0. The average molecular weight is 652 g/mol. The zero-order valence-corrected chi connectivity index (χ0v) is 29.8. The molecule has 8 aromatic rings. The fourth-order valence-electron chi connectivity index (χ4n) is 8.13. The molecule has 9 rings (SSSR count). The van der Waals surface area contributed by atoms with Crippen molar-refractivity contribution in [3.05, 3.63) is 149 Å². The highest BCUT2D eigenvalue weighted by atomic mass is 16.5. The van der Waals surface area contributed by atoms with Crippen molar-refractivity contribution in [3.63, 3.8) is 0 Å². The lowest BCUT2D eigenvalue weighted by molar-refractivity contribution is 0.417. The van der Waals surface area contributed by atoms with Gasteiger partial charge in [-0.25, -0.2) is 4.98 Å². The predicted octanol–water partition coefficient (Wildman–Crippen LogP) is 12.1. The van der Waals surface area contributed by atoms with Crippen molar-refractivity contribution < 1.29 is 4.74 Å². The smallest absolute Gasteiger partial charge is 0.220 e. The second kappa shape index (κ2) is 10.7. The maximum Gasteiger partial charge on any atom is 0.220 e.